The largest absolute Gasteiger partial charge is 0.480 e. The monoisotopic (exact) mass is 273 g/mol. The minimum atomic E-state index is -1.25. The fourth-order valence-corrected chi connectivity index (χ4v) is 2.19. The lowest BCUT2D eigenvalue weighted by Crippen LogP contribution is -2.52. The number of carboxylic acids is 1. The van der Waals surface area contributed by atoms with E-state index in [9.17, 15) is 9.59 Å². The highest BCUT2D eigenvalue weighted by molar-refractivity contribution is 5.82. The van der Waals surface area contributed by atoms with Crippen LogP contribution in [-0.2, 0) is 4.79 Å². The number of aliphatic carboxylic acids is 1. The Balaban J connectivity index is 2.28. The summed E-state index contributed by atoms with van der Waals surface area (Å²) >= 11 is 0. The number of hydrogen-bond donors (Lipinski definition) is 4. The molecule has 1 fully saturated rings. The summed E-state index contributed by atoms with van der Waals surface area (Å²) in [7, 11) is 0. The summed E-state index contributed by atoms with van der Waals surface area (Å²) in [5, 5.41) is 22.5. The summed E-state index contributed by atoms with van der Waals surface area (Å²) in [6.45, 7) is 4.49. The van der Waals surface area contributed by atoms with Crippen LogP contribution in [0.3, 0.4) is 0 Å². The second kappa shape index (κ2) is 7.96. The molecular formula is C12H23N3O4. The van der Waals surface area contributed by atoms with Crippen molar-refractivity contribution in [2.75, 3.05) is 26.2 Å². The van der Waals surface area contributed by atoms with Gasteiger partial charge in [0.05, 0.1) is 6.61 Å². The van der Waals surface area contributed by atoms with Gasteiger partial charge < -0.3 is 25.7 Å². The van der Waals surface area contributed by atoms with Gasteiger partial charge in [0, 0.05) is 19.1 Å². The summed E-state index contributed by atoms with van der Waals surface area (Å²) in [6, 6.07) is -1.71. The van der Waals surface area contributed by atoms with Crippen LogP contribution >= 0.6 is 0 Å². The Morgan fingerprint density at radius 1 is 1.37 bits per heavy atom. The molecule has 1 aliphatic rings. The molecule has 7 heteroatoms. The minimum absolute atomic E-state index is 0.0706. The second-order valence-electron chi connectivity index (χ2n) is 4.81. The van der Waals surface area contributed by atoms with Crippen LogP contribution in [0, 0.1) is 0 Å². The summed E-state index contributed by atoms with van der Waals surface area (Å²) < 4.78 is 0. The van der Waals surface area contributed by atoms with Gasteiger partial charge in [-0.05, 0) is 25.8 Å². The van der Waals surface area contributed by atoms with Crippen LogP contribution in [0.2, 0.25) is 0 Å². The van der Waals surface area contributed by atoms with E-state index in [0.29, 0.717) is 0 Å². The topological polar surface area (TPSA) is 102 Å². The predicted molar refractivity (Wildman–Crippen MR) is 69.9 cm³/mol. The van der Waals surface area contributed by atoms with Crippen LogP contribution in [-0.4, -0.2) is 65.4 Å². The van der Waals surface area contributed by atoms with Crippen molar-refractivity contribution in [1.82, 2.24) is 15.5 Å². The standard InChI is InChI=1S/C12H23N3O4/c1-2-5-15-6-3-9(4-7-15)13-12(19)14-10(8-16)11(17)18/h9-10,16H,2-8H2,1H3,(H,17,18)(H2,13,14,19). The quantitative estimate of drug-likeness (QED) is 0.528. The van der Waals surface area contributed by atoms with E-state index in [2.05, 4.69) is 22.5 Å². The lowest BCUT2D eigenvalue weighted by molar-refractivity contribution is -0.140. The lowest BCUT2D eigenvalue weighted by Gasteiger charge is -2.32. The zero-order valence-corrected chi connectivity index (χ0v) is 11.3. The molecule has 1 aliphatic heterocycles. The lowest BCUT2D eigenvalue weighted by atomic mass is 10.1. The number of carbonyl (C=O) groups is 2. The average molecular weight is 273 g/mol. The summed E-state index contributed by atoms with van der Waals surface area (Å²) in [5.41, 5.74) is 0. The normalized spacial score (nSPS) is 18.8. The van der Waals surface area contributed by atoms with Crippen LogP contribution < -0.4 is 10.6 Å². The van der Waals surface area contributed by atoms with Gasteiger partial charge in [0.2, 0.25) is 0 Å². The highest BCUT2D eigenvalue weighted by atomic mass is 16.4. The van der Waals surface area contributed by atoms with E-state index in [4.69, 9.17) is 10.2 Å². The summed E-state index contributed by atoms with van der Waals surface area (Å²) in [5.74, 6) is -1.24. The molecule has 0 aromatic carbocycles. The molecule has 110 valence electrons. The average Bonchev–Trinajstić information content (AvgIpc) is 2.38. The molecule has 19 heavy (non-hydrogen) atoms. The SMILES string of the molecule is CCCN1CCC(NC(=O)NC(CO)C(=O)O)CC1. The first-order valence-electron chi connectivity index (χ1n) is 6.69. The number of aliphatic hydroxyl groups excluding tert-OH is 1. The second-order valence-corrected chi connectivity index (χ2v) is 4.81. The molecule has 0 spiro atoms. The maximum absolute atomic E-state index is 11.6. The molecule has 4 N–H and O–H groups in total. The van der Waals surface area contributed by atoms with Crippen molar-refractivity contribution in [3.05, 3.63) is 0 Å². The van der Waals surface area contributed by atoms with Gasteiger partial charge in [-0.2, -0.15) is 0 Å². The van der Waals surface area contributed by atoms with Crippen molar-refractivity contribution in [3.8, 4) is 0 Å². The van der Waals surface area contributed by atoms with Crippen LogP contribution in [0.4, 0.5) is 4.79 Å². The third-order valence-corrected chi connectivity index (χ3v) is 3.25. The number of aliphatic hydroxyl groups is 1. The molecule has 0 saturated carbocycles. The Morgan fingerprint density at radius 2 is 2.00 bits per heavy atom. The number of likely N-dealkylation sites (tertiary alicyclic amines) is 1. The molecule has 1 saturated heterocycles. The van der Waals surface area contributed by atoms with Crippen LogP contribution in [0.1, 0.15) is 26.2 Å². The highest BCUT2D eigenvalue weighted by Gasteiger charge is 2.23. The number of urea groups is 1. The molecule has 1 unspecified atom stereocenters. The molecule has 0 aromatic heterocycles. The first-order valence-corrected chi connectivity index (χ1v) is 6.69. The van der Waals surface area contributed by atoms with E-state index < -0.39 is 24.6 Å². The predicted octanol–water partition coefficient (Wildman–Crippen LogP) is -0.394. The first kappa shape index (κ1) is 15.7. The number of amides is 2. The van der Waals surface area contributed by atoms with Crippen LogP contribution in [0.15, 0.2) is 0 Å². The maximum Gasteiger partial charge on any atom is 0.328 e. The van der Waals surface area contributed by atoms with Gasteiger partial charge >= 0.3 is 12.0 Å². The first-order chi connectivity index (χ1) is 9.06. The minimum Gasteiger partial charge on any atom is -0.480 e. The maximum atomic E-state index is 11.6. The van der Waals surface area contributed by atoms with Crippen molar-refractivity contribution < 1.29 is 19.8 Å². The zero-order valence-electron chi connectivity index (χ0n) is 11.3. The van der Waals surface area contributed by atoms with Gasteiger partial charge in [0.1, 0.15) is 0 Å². The molecule has 0 aliphatic carbocycles. The number of piperidine rings is 1. The molecule has 0 radical (unpaired) electrons. The summed E-state index contributed by atoms with van der Waals surface area (Å²) in [4.78, 5) is 24.6. The van der Waals surface area contributed by atoms with E-state index in [0.717, 1.165) is 38.9 Å². The van der Waals surface area contributed by atoms with Gasteiger partial charge in [0.25, 0.3) is 0 Å². The van der Waals surface area contributed by atoms with Crippen LogP contribution in [0.25, 0.3) is 0 Å². The smallest absolute Gasteiger partial charge is 0.328 e. The molecule has 2 amide bonds. The van der Waals surface area contributed by atoms with Crippen LogP contribution in [0.5, 0.6) is 0 Å². The Labute approximate surface area is 113 Å². The summed E-state index contributed by atoms with van der Waals surface area (Å²) in [6.07, 6.45) is 2.85. The molecule has 0 bridgehead atoms. The Hall–Kier alpha value is -1.34. The van der Waals surface area contributed by atoms with Gasteiger partial charge in [-0.25, -0.2) is 9.59 Å². The third kappa shape index (κ3) is 5.44. The van der Waals surface area contributed by atoms with E-state index in [1.54, 1.807) is 0 Å². The number of nitrogens with zero attached hydrogens (tertiary/aromatic N) is 1. The van der Waals surface area contributed by atoms with Crippen molar-refractivity contribution in [3.63, 3.8) is 0 Å². The Morgan fingerprint density at radius 3 is 2.47 bits per heavy atom. The van der Waals surface area contributed by atoms with Gasteiger partial charge in [-0.3, -0.25) is 0 Å². The number of carbonyl (C=O) groups excluding carboxylic acids is 1. The van der Waals surface area contributed by atoms with Gasteiger partial charge in [-0.15, -0.1) is 0 Å². The van der Waals surface area contributed by atoms with Gasteiger partial charge in [0.15, 0.2) is 6.04 Å². The molecule has 1 heterocycles. The van der Waals surface area contributed by atoms with E-state index in [-0.39, 0.29) is 6.04 Å². The third-order valence-electron chi connectivity index (χ3n) is 3.25. The molecule has 1 rings (SSSR count). The van der Waals surface area contributed by atoms with E-state index >= 15 is 0 Å². The molecule has 0 aromatic rings. The highest BCUT2D eigenvalue weighted by Crippen LogP contribution is 2.10. The number of hydrogen-bond acceptors (Lipinski definition) is 4. The van der Waals surface area contributed by atoms with E-state index in [1.807, 2.05) is 0 Å². The van der Waals surface area contributed by atoms with Gasteiger partial charge in [-0.1, -0.05) is 6.92 Å². The number of nitrogens with one attached hydrogen (secondary N) is 2. The fraction of sp³-hybridized carbons (Fsp3) is 0.833. The Bertz CT molecular complexity index is 303. The molecule has 1 atom stereocenters. The van der Waals surface area contributed by atoms with E-state index in [1.165, 1.54) is 0 Å². The van der Waals surface area contributed by atoms with Crippen molar-refractivity contribution in [2.24, 2.45) is 0 Å². The van der Waals surface area contributed by atoms with Crippen molar-refractivity contribution in [1.29, 1.82) is 0 Å². The molecular weight excluding hydrogens is 250 g/mol. The Kier molecular flexibility index (Phi) is 6.58. The van der Waals surface area contributed by atoms with Crippen molar-refractivity contribution in [2.45, 2.75) is 38.3 Å². The van der Waals surface area contributed by atoms with Crippen molar-refractivity contribution >= 4 is 12.0 Å². The molecule has 7 nitrogen and oxygen atoms in total. The number of rotatable bonds is 6. The number of carboxylic acid groups (broad SMARTS) is 1. The zero-order chi connectivity index (χ0) is 14.3. The fourth-order valence-electron chi connectivity index (χ4n) is 2.19.